The fourth-order valence-corrected chi connectivity index (χ4v) is 3.24. The van der Waals surface area contributed by atoms with Gasteiger partial charge in [0.2, 0.25) is 5.91 Å². The number of rotatable bonds is 8. The van der Waals surface area contributed by atoms with Gasteiger partial charge in [0.25, 0.3) is 0 Å². The number of carbonyl (C=O) groups is 1. The molecule has 1 atom stereocenters. The third kappa shape index (κ3) is 6.82. The number of nitrogens with zero attached hydrogens (tertiary/aromatic N) is 3. The van der Waals surface area contributed by atoms with E-state index in [9.17, 15) is 9.18 Å². The molecule has 150 valence electrons. The second kappa shape index (κ2) is 10.9. The predicted molar refractivity (Wildman–Crippen MR) is 107 cm³/mol. The molecule has 1 heterocycles. The van der Waals surface area contributed by atoms with Crippen LogP contribution in [-0.4, -0.2) is 74.5 Å². The molecule has 2 rings (SSSR count). The van der Waals surface area contributed by atoms with Crippen LogP contribution < -0.4 is 10.6 Å². The lowest BCUT2D eigenvalue weighted by atomic mass is 10.1. The zero-order valence-corrected chi connectivity index (χ0v) is 16.7. The molecule has 0 bridgehead atoms. The van der Waals surface area contributed by atoms with E-state index in [2.05, 4.69) is 27.4 Å². The number of guanidine groups is 1. The van der Waals surface area contributed by atoms with E-state index in [1.807, 2.05) is 6.07 Å². The summed E-state index contributed by atoms with van der Waals surface area (Å²) >= 11 is 0. The molecule has 1 saturated heterocycles. The molecule has 1 fully saturated rings. The van der Waals surface area contributed by atoms with Crippen molar-refractivity contribution in [2.75, 3.05) is 46.8 Å². The Morgan fingerprint density at radius 3 is 2.81 bits per heavy atom. The van der Waals surface area contributed by atoms with Crippen molar-refractivity contribution >= 4 is 11.9 Å². The summed E-state index contributed by atoms with van der Waals surface area (Å²) in [6.07, 6.45) is 2.94. The predicted octanol–water partition coefficient (Wildman–Crippen LogP) is 1.48. The second-order valence-electron chi connectivity index (χ2n) is 7.03. The van der Waals surface area contributed by atoms with Gasteiger partial charge in [-0.25, -0.2) is 9.38 Å². The highest BCUT2D eigenvalue weighted by Gasteiger charge is 2.22. The molecular weight excluding hydrogens is 345 g/mol. The Bertz CT molecular complexity index is 635. The van der Waals surface area contributed by atoms with E-state index in [0.717, 1.165) is 19.6 Å². The monoisotopic (exact) mass is 377 g/mol. The van der Waals surface area contributed by atoms with Gasteiger partial charge in [-0.3, -0.25) is 9.69 Å². The number of likely N-dealkylation sites (N-methyl/N-ethyl adjacent to an activating group) is 2. The summed E-state index contributed by atoms with van der Waals surface area (Å²) in [6, 6.07) is 7.26. The Morgan fingerprint density at radius 1 is 1.33 bits per heavy atom. The number of nitrogens with one attached hydrogen (secondary N) is 2. The Kier molecular flexibility index (Phi) is 8.51. The van der Waals surface area contributed by atoms with Crippen LogP contribution in [0.3, 0.4) is 0 Å². The van der Waals surface area contributed by atoms with Gasteiger partial charge >= 0.3 is 0 Å². The van der Waals surface area contributed by atoms with Gasteiger partial charge < -0.3 is 15.5 Å². The molecule has 0 saturated carbocycles. The van der Waals surface area contributed by atoms with Gasteiger partial charge in [-0.2, -0.15) is 0 Å². The summed E-state index contributed by atoms with van der Waals surface area (Å²) in [4.78, 5) is 20.2. The van der Waals surface area contributed by atoms with Crippen LogP contribution in [0.4, 0.5) is 4.39 Å². The zero-order chi connectivity index (χ0) is 19.6. The number of halogens is 1. The van der Waals surface area contributed by atoms with Crippen molar-refractivity contribution in [3.8, 4) is 0 Å². The minimum Gasteiger partial charge on any atom is -0.356 e. The largest absolute Gasteiger partial charge is 0.356 e. The summed E-state index contributed by atoms with van der Waals surface area (Å²) in [5, 5.41) is 6.58. The zero-order valence-electron chi connectivity index (χ0n) is 16.7. The van der Waals surface area contributed by atoms with Crippen molar-refractivity contribution in [3.05, 3.63) is 35.6 Å². The smallest absolute Gasteiger partial charge is 0.243 e. The van der Waals surface area contributed by atoms with E-state index < -0.39 is 0 Å². The van der Waals surface area contributed by atoms with E-state index in [4.69, 9.17) is 0 Å². The number of carbonyl (C=O) groups excluding carboxylic acids is 1. The lowest BCUT2D eigenvalue weighted by Crippen LogP contribution is -2.45. The first-order valence-corrected chi connectivity index (χ1v) is 9.71. The highest BCUT2D eigenvalue weighted by Crippen LogP contribution is 2.15. The summed E-state index contributed by atoms with van der Waals surface area (Å²) in [5.74, 6) is 0.351. The molecule has 0 spiro atoms. The second-order valence-corrected chi connectivity index (χ2v) is 7.03. The molecule has 0 aliphatic carbocycles. The molecule has 0 radical (unpaired) electrons. The molecule has 7 heteroatoms. The van der Waals surface area contributed by atoms with Crippen molar-refractivity contribution in [2.45, 2.75) is 32.2 Å². The molecular formula is C20H32FN5O. The van der Waals surface area contributed by atoms with Crippen LogP contribution in [0.1, 0.15) is 25.3 Å². The first kappa shape index (κ1) is 21.2. The van der Waals surface area contributed by atoms with Crippen molar-refractivity contribution in [2.24, 2.45) is 4.99 Å². The molecule has 6 nitrogen and oxygen atoms in total. The fourth-order valence-electron chi connectivity index (χ4n) is 3.24. The van der Waals surface area contributed by atoms with Gasteiger partial charge in [-0.1, -0.05) is 25.1 Å². The lowest BCUT2D eigenvalue weighted by Gasteiger charge is -2.24. The van der Waals surface area contributed by atoms with Gasteiger partial charge in [0.15, 0.2) is 5.96 Å². The SMILES string of the molecule is CCN1CCCC1CNC(=NCC(=O)N(C)C)NCCc1ccccc1F. The quantitative estimate of drug-likeness (QED) is 0.532. The topological polar surface area (TPSA) is 60.0 Å². The first-order chi connectivity index (χ1) is 13.0. The van der Waals surface area contributed by atoms with Gasteiger partial charge in [-0.15, -0.1) is 0 Å². The lowest BCUT2D eigenvalue weighted by molar-refractivity contribution is -0.127. The average Bonchev–Trinajstić information content (AvgIpc) is 3.12. The molecule has 1 unspecified atom stereocenters. The Labute approximate surface area is 161 Å². The fraction of sp³-hybridized carbons (Fsp3) is 0.600. The van der Waals surface area contributed by atoms with Crippen LogP contribution >= 0.6 is 0 Å². The number of aliphatic imine (C=N–C) groups is 1. The highest BCUT2D eigenvalue weighted by molar-refractivity contribution is 5.84. The summed E-state index contributed by atoms with van der Waals surface area (Å²) in [5.41, 5.74) is 0.668. The Morgan fingerprint density at radius 2 is 2.11 bits per heavy atom. The number of hydrogen-bond acceptors (Lipinski definition) is 3. The maximum Gasteiger partial charge on any atom is 0.243 e. The average molecular weight is 378 g/mol. The number of likely N-dealkylation sites (tertiary alicyclic amines) is 1. The minimum atomic E-state index is -0.196. The summed E-state index contributed by atoms with van der Waals surface area (Å²) < 4.78 is 13.8. The summed E-state index contributed by atoms with van der Waals surface area (Å²) in [7, 11) is 3.43. The Balaban J connectivity index is 1.91. The van der Waals surface area contributed by atoms with Crippen molar-refractivity contribution in [1.29, 1.82) is 0 Å². The van der Waals surface area contributed by atoms with E-state index >= 15 is 0 Å². The van der Waals surface area contributed by atoms with Crippen molar-refractivity contribution in [3.63, 3.8) is 0 Å². The maximum atomic E-state index is 13.8. The molecule has 1 aromatic carbocycles. The maximum absolute atomic E-state index is 13.8. The van der Waals surface area contributed by atoms with E-state index in [-0.39, 0.29) is 18.3 Å². The van der Waals surface area contributed by atoms with Gasteiger partial charge in [-0.05, 0) is 44.0 Å². The molecule has 1 aliphatic heterocycles. The van der Waals surface area contributed by atoms with Gasteiger partial charge in [0.05, 0.1) is 0 Å². The van der Waals surface area contributed by atoms with E-state index in [0.29, 0.717) is 30.5 Å². The van der Waals surface area contributed by atoms with Gasteiger partial charge in [0.1, 0.15) is 12.4 Å². The highest BCUT2D eigenvalue weighted by atomic mass is 19.1. The molecule has 1 aliphatic rings. The molecule has 1 amide bonds. The minimum absolute atomic E-state index is 0.0544. The van der Waals surface area contributed by atoms with E-state index in [1.54, 1.807) is 26.2 Å². The molecule has 1 aromatic rings. The van der Waals surface area contributed by atoms with Crippen LogP contribution in [0.2, 0.25) is 0 Å². The number of amides is 1. The van der Waals surface area contributed by atoms with Crippen LogP contribution in [0.5, 0.6) is 0 Å². The van der Waals surface area contributed by atoms with Crippen LogP contribution in [0, 0.1) is 5.82 Å². The third-order valence-electron chi connectivity index (χ3n) is 4.93. The van der Waals surface area contributed by atoms with Crippen LogP contribution in [-0.2, 0) is 11.2 Å². The van der Waals surface area contributed by atoms with Crippen LogP contribution in [0.25, 0.3) is 0 Å². The third-order valence-corrected chi connectivity index (χ3v) is 4.93. The Hall–Kier alpha value is -2.15. The molecule has 27 heavy (non-hydrogen) atoms. The molecule has 2 N–H and O–H groups in total. The van der Waals surface area contributed by atoms with Crippen molar-refractivity contribution in [1.82, 2.24) is 20.4 Å². The first-order valence-electron chi connectivity index (χ1n) is 9.71. The standard InChI is InChI=1S/C20H32FN5O/c1-4-26-13-7-9-17(26)14-23-20(24-15-19(27)25(2)3)22-12-11-16-8-5-6-10-18(16)21/h5-6,8,10,17H,4,7,9,11-15H2,1-3H3,(H2,22,23,24). The number of benzene rings is 1. The van der Waals surface area contributed by atoms with E-state index in [1.165, 1.54) is 23.8 Å². The molecule has 0 aromatic heterocycles. The summed E-state index contributed by atoms with van der Waals surface area (Å²) in [6.45, 7) is 5.77. The van der Waals surface area contributed by atoms with Crippen molar-refractivity contribution < 1.29 is 9.18 Å². The normalized spacial score (nSPS) is 17.8. The van der Waals surface area contributed by atoms with Crippen LogP contribution in [0.15, 0.2) is 29.3 Å². The van der Waals surface area contributed by atoms with Gasteiger partial charge in [0, 0.05) is 33.2 Å². The number of hydrogen-bond donors (Lipinski definition) is 2.